The van der Waals surface area contributed by atoms with Crippen LogP contribution in [0.25, 0.3) is 0 Å². The van der Waals surface area contributed by atoms with Gasteiger partial charge in [-0.3, -0.25) is 0 Å². The third-order valence-corrected chi connectivity index (χ3v) is 2.66. The Kier molecular flexibility index (Phi) is 2.36. The molecule has 2 rings (SSSR count). The maximum Gasteiger partial charge on any atom is 0.320 e. The van der Waals surface area contributed by atoms with Crippen LogP contribution in [0.4, 0.5) is 4.79 Å². The predicted octanol–water partition coefficient (Wildman–Crippen LogP) is -0.528. The molecule has 0 saturated carbocycles. The van der Waals surface area contributed by atoms with Crippen LogP contribution < -0.4 is 5.73 Å². The molecule has 2 aliphatic rings. The molecule has 0 aromatic rings. The first-order valence-electron chi connectivity index (χ1n) is 4.99. The summed E-state index contributed by atoms with van der Waals surface area (Å²) in [7, 11) is 0. The van der Waals surface area contributed by atoms with Crippen molar-refractivity contribution in [3.05, 3.63) is 0 Å². The lowest BCUT2D eigenvalue weighted by atomic mass is 9.94. The number of hydrogen-bond acceptors (Lipinski definition) is 3. The minimum absolute atomic E-state index is 0.108. The molecule has 80 valence electrons. The second-order valence-electron chi connectivity index (χ2n) is 4.39. The summed E-state index contributed by atoms with van der Waals surface area (Å²) in [5, 5.41) is 0. The number of ether oxygens (including phenoxy) is 1. The summed E-state index contributed by atoms with van der Waals surface area (Å²) in [5.41, 5.74) is 5.66. The summed E-state index contributed by atoms with van der Waals surface area (Å²) in [6.45, 7) is 6.02. The van der Waals surface area contributed by atoms with E-state index in [0.29, 0.717) is 39.4 Å². The topological polar surface area (TPSA) is 58.8 Å². The lowest BCUT2D eigenvalue weighted by Crippen LogP contribution is -2.69. The van der Waals surface area contributed by atoms with Crippen LogP contribution in [0, 0.1) is 0 Å². The van der Waals surface area contributed by atoms with E-state index in [4.69, 9.17) is 10.5 Å². The van der Waals surface area contributed by atoms with Gasteiger partial charge in [0.1, 0.15) is 0 Å². The van der Waals surface area contributed by atoms with Crippen LogP contribution >= 0.6 is 0 Å². The van der Waals surface area contributed by atoms with Gasteiger partial charge in [-0.25, -0.2) is 4.79 Å². The molecule has 0 spiro atoms. The molecule has 0 bridgehead atoms. The van der Waals surface area contributed by atoms with Crippen molar-refractivity contribution in [2.45, 2.75) is 12.5 Å². The average Bonchev–Trinajstić information content (AvgIpc) is 2.14. The van der Waals surface area contributed by atoms with E-state index in [1.165, 1.54) is 0 Å². The Bertz CT molecular complexity index is 228. The lowest BCUT2D eigenvalue weighted by Gasteiger charge is -2.47. The van der Waals surface area contributed by atoms with Gasteiger partial charge in [-0.1, -0.05) is 0 Å². The zero-order chi connectivity index (χ0) is 10.2. The number of likely N-dealkylation sites (tertiary alicyclic amines) is 1. The summed E-state index contributed by atoms with van der Waals surface area (Å²) >= 11 is 0. The predicted molar refractivity (Wildman–Crippen MR) is 52.0 cm³/mol. The summed E-state index contributed by atoms with van der Waals surface area (Å²) in [6, 6.07) is 0.108. The molecule has 0 atom stereocenters. The molecule has 0 unspecified atom stereocenters. The van der Waals surface area contributed by atoms with E-state index in [-0.39, 0.29) is 11.6 Å². The first-order chi connectivity index (χ1) is 6.58. The zero-order valence-corrected chi connectivity index (χ0v) is 8.53. The number of nitrogens with two attached hydrogens (primary N) is 1. The molecule has 2 heterocycles. The average molecular weight is 199 g/mol. The van der Waals surface area contributed by atoms with Crippen molar-refractivity contribution in [2.24, 2.45) is 5.73 Å². The Hall–Kier alpha value is -0.810. The number of nitrogens with zero attached hydrogens (tertiary/aromatic N) is 2. The SMILES string of the molecule is CC1(N)CN(C(=O)N2CCOCC2)C1. The van der Waals surface area contributed by atoms with Crippen LogP contribution in [0.15, 0.2) is 0 Å². The quantitative estimate of drug-likeness (QED) is 0.570. The van der Waals surface area contributed by atoms with Crippen molar-refractivity contribution >= 4 is 6.03 Å². The van der Waals surface area contributed by atoms with E-state index in [1.807, 2.05) is 11.8 Å². The molecular formula is C9H17N3O2. The van der Waals surface area contributed by atoms with Crippen molar-refractivity contribution < 1.29 is 9.53 Å². The van der Waals surface area contributed by atoms with Crippen LogP contribution in [-0.4, -0.2) is 60.8 Å². The Morgan fingerprint density at radius 2 is 1.86 bits per heavy atom. The van der Waals surface area contributed by atoms with Crippen LogP contribution in [-0.2, 0) is 4.74 Å². The van der Waals surface area contributed by atoms with E-state index >= 15 is 0 Å². The van der Waals surface area contributed by atoms with E-state index in [2.05, 4.69) is 0 Å². The van der Waals surface area contributed by atoms with Gasteiger partial charge in [0.15, 0.2) is 0 Å². The Morgan fingerprint density at radius 3 is 2.36 bits per heavy atom. The van der Waals surface area contributed by atoms with Gasteiger partial charge in [0, 0.05) is 31.7 Å². The van der Waals surface area contributed by atoms with E-state index in [9.17, 15) is 4.79 Å². The van der Waals surface area contributed by atoms with Gasteiger partial charge in [0.25, 0.3) is 0 Å². The van der Waals surface area contributed by atoms with Gasteiger partial charge in [-0.15, -0.1) is 0 Å². The number of rotatable bonds is 0. The van der Waals surface area contributed by atoms with Crippen molar-refractivity contribution in [3.63, 3.8) is 0 Å². The fourth-order valence-electron chi connectivity index (χ4n) is 1.92. The van der Waals surface area contributed by atoms with Crippen LogP contribution in [0.5, 0.6) is 0 Å². The fraction of sp³-hybridized carbons (Fsp3) is 0.889. The molecule has 14 heavy (non-hydrogen) atoms. The molecule has 2 N–H and O–H groups in total. The van der Waals surface area contributed by atoms with E-state index < -0.39 is 0 Å². The molecule has 2 amide bonds. The standard InChI is InChI=1S/C9H17N3O2/c1-9(10)6-12(7-9)8(13)11-2-4-14-5-3-11/h2-7,10H2,1H3. The minimum Gasteiger partial charge on any atom is -0.378 e. The Labute approximate surface area is 83.8 Å². The smallest absolute Gasteiger partial charge is 0.320 e. The largest absolute Gasteiger partial charge is 0.378 e. The van der Waals surface area contributed by atoms with E-state index in [1.54, 1.807) is 4.90 Å². The number of carbonyl (C=O) groups excluding carboxylic acids is 1. The third-order valence-electron chi connectivity index (χ3n) is 2.66. The fourth-order valence-corrected chi connectivity index (χ4v) is 1.92. The van der Waals surface area contributed by atoms with Crippen LogP contribution in [0.2, 0.25) is 0 Å². The summed E-state index contributed by atoms with van der Waals surface area (Å²) in [4.78, 5) is 15.4. The summed E-state index contributed by atoms with van der Waals surface area (Å²) < 4.78 is 5.19. The number of morpholine rings is 1. The molecule has 2 aliphatic heterocycles. The molecule has 2 saturated heterocycles. The first kappa shape index (κ1) is 9.73. The van der Waals surface area contributed by atoms with Gasteiger partial charge in [0.2, 0.25) is 0 Å². The molecule has 0 aromatic heterocycles. The Balaban J connectivity index is 1.84. The molecule has 0 aromatic carbocycles. The van der Waals surface area contributed by atoms with Gasteiger partial charge in [-0.05, 0) is 6.92 Å². The second kappa shape index (κ2) is 3.40. The van der Waals surface area contributed by atoms with E-state index in [0.717, 1.165) is 0 Å². The number of urea groups is 1. The highest BCUT2D eigenvalue weighted by molar-refractivity contribution is 5.75. The van der Waals surface area contributed by atoms with Crippen LogP contribution in [0.1, 0.15) is 6.92 Å². The summed E-state index contributed by atoms with van der Waals surface area (Å²) in [6.07, 6.45) is 0. The van der Waals surface area contributed by atoms with Gasteiger partial charge < -0.3 is 20.3 Å². The minimum atomic E-state index is -0.179. The second-order valence-corrected chi connectivity index (χ2v) is 4.39. The number of carbonyl (C=O) groups is 1. The maximum absolute atomic E-state index is 11.8. The van der Waals surface area contributed by atoms with Crippen molar-refractivity contribution in [1.82, 2.24) is 9.80 Å². The monoisotopic (exact) mass is 199 g/mol. The Morgan fingerprint density at radius 1 is 1.29 bits per heavy atom. The van der Waals surface area contributed by atoms with Crippen molar-refractivity contribution in [2.75, 3.05) is 39.4 Å². The highest BCUT2D eigenvalue weighted by Gasteiger charge is 2.39. The number of hydrogen-bond donors (Lipinski definition) is 1. The van der Waals surface area contributed by atoms with Crippen molar-refractivity contribution in [1.29, 1.82) is 0 Å². The third kappa shape index (κ3) is 1.83. The van der Waals surface area contributed by atoms with Gasteiger partial charge in [-0.2, -0.15) is 0 Å². The van der Waals surface area contributed by atoms with Crippen LogP contribution in [0.3, 0.4) is 0 Å². The zero-order valence-electron chi connectivity index (χ0n) is 8.53. The van der Waals surface area contributed by atoms with Gasteiger partial charge >= 0.3 is 6.03 Å². The highest BCUT2D eigenvalue weighted by atomic mass is 16.5. The first-order valence-corrected chi connectivity index (χ1v) is 4.99. The van der Waals surface area contributed by atoms with Crippen molar-refractivity contribution in [3.8, 4) is 0 Å². The molecule has 5 heteroatoms. The lowest BCUT2D eigenvalue weighted by molar-refractivity contribution is 0.0260. The highest BCUT2D eigenvalue weighted by Crippen LogP contribution is 2.19. The maximum atomic E-state index is 11.8. The summed E-state index contributed by atoms with van der Waals surface area (Å²) in [5.74, 6) is 0. The molecule has 0 aliphatic carbocycles. The van der Waals surface area contributed by atoms with Gasteiger partial charge in [0.05, 0.1) is 13.2 Å². The molecule has 5 nitrogen and oxygen atoms in total. The molecule has 2 fully saturated rings. The normalized spacial score (nSPS) is 25.9. The number of amides is 2. The molecular weight excluding hydrogens is 182 g/mol. The molecule has 0 radical (unpaired) electrons.